The number of anilines is 1. The second-order valence-corrected chi connectivity index (χ2v) is 7.56. The minimum atomic E-state index is 0.220. The lowest BCUT2D eigenvalue weighted by Crippen LogP contribution is -2.18. The van der Waals surface area contributed by atoms with Gasteiger partial charge in [0.25, 0.3) is 0 Å². The van der Waals surface area contributed by atoms with Crippen molar-refractivity contribution in [2.24, 2.45) is 5.10 Å². The molecule has 0 radical (unpaired) electrons. The number of hydrogen-bond acceptors (Lipinski definition) is 5. The summed E-state index contributed by atoms with van der Waals surface area (Å²) in [5, 5.41) is 12.2. The third-order valence-corrected chi connectivity index (χ3v) is 5.81. The van der Waals surface area contributed by atoms with Crippen molar-refractivity contribution >= 4 is 33.5 Å². The average molecular weight is 339 g/mol. The van der Waals surface area contributed by atoms with Gasteiger partial charge >= 0.3 is 0 Å². The summed E-state index contributed by atoms with van der Waals surface area (Å²) in [4.78, 5) is 5.90. The normalized spacial score (nSPS) is 17.6. The number of aryl methyl sites for hydroxylation is 2. The van der Waals surface area contributed by atoms with E-state index in [0.717, 1.165) is 23.0 Å². The second kappa shape index (κ2) is 5.91. The monoisotopic (exact) mass is 339 g/mol. The molecule has 0 amide bonds. The molecular weight excluding hydrogens is 322 g/mol. The second-order valence-electron chi connectivity index (χ2n) is 5.77. The maximum absolute atomic E-state index is 4.91. The molecule has 1 aliphatic rings. The molecule has 0 fully saturated rings. The van der Waals surface area contributed by atoms with Gasteiger partial charge in [-0.1, -0.05) is 35.9 Å². The Morgan fingerprint density at radius 2 is 2.04 bits per heavy atom. The van der Waals surface area contributed by atoms with Crippen molar-refractivity contribution in [3.63, 3.8) is 0 Å². The van der Waals surface area contributed by atoms with E-state index in [2.05, 4.69) is 64.1 Å². The lowest BCUT2D eigenvalue weighted by Gasteiger charge is -2.21. The molecule has 116 valence electrons. The van der Waals surface area contributed by atoms with Gasteiger partial charge in [0.1, 0.15) is 0 Å². The molecule has 2 aromatic heterocycles. The number of aromatic nitrogens is 1. The lowest BCUT2D eigenvalue weighted by atomic mass is 10.00. The van der Waals surface area contributed by atoms with Gasteiger partial charge in [0, 0.05) is 11.8 Å². The molecule has 0 bridgehead atoms. The van der Waals surface area contributed by atoms with Crippen LogP contribution in [0.25, 0.3) is 0 Å². The third-order valence-electron chi connectivity index (χ3n) is 3.95. The molecule has 1 aliphatic heterocycles. The molecule has 23 heavy (non-hydrogen) atoms. The smallest absolute Gasteiger partial charge is 0.206 e. The van der Waals surface area contributed by atoms with Gasteiger partial charge in [0.15, 0.2) is 0 Å². The Hall–Kier alpha value is -1.98. The molecule has 0 aliphatic carbocycles. The van der Waals surface area contributed by atoms with E-state index in [-0.39, 0.29) is 6.04 Å². The van der Waals surface area contributed by atoms with Crippen molar-refractivity contribution in [3.05, 3.63) is 68.9 Å². The molecule has 0 N–H and O–H groups in total. The molecular formula is C18H17N3S2. The summed E-state index contributed by atoms with van der Waals surface area (Å²) >= 11 is 3.41. The van der Waals surface area contributed by atoms with Crippen LogP contribution in [0.15, 0.2) is 52.3 Å². The largest absolute Gasteiger partial charge is 0.231 e. The number of hydrogen-bond donors (Lipinski definition) is 0. The lowest BCUT2D eigenvalue weighted by molar-refractivity contribution is 0.705. The number of hydrazone groups is 1. The van der Waals surface area contributed by atoms with E-state index in [4.69, 9.17) is 5.10 Å². The molecule has 4 rings (SSSR count). The van der Waals surface area contributed by atoms with Gasteiger partial charge in [-0.15, -0.1) is 22.7 Å². The van der Waals surface area contributed by atoms with Crippen LogP contribution in [-0.2, 0) is 0 Å². The van der Waals surface area contributed by atoms with Crippen LogP contribution in [-0.4, -0.2) is 10.7 Å². The van der Waals surface area contributed by atoms with Crippen LogP contribution < -0.4 is 5.01 Å². The summed E-state index contributed by atoms with van der Waals surface area (Å²) in [6, 6.07) is 13.2. The van der Waals surface area contributed by atoms with Crippen molar-refractivity contribution in [1.82, 2.24) is 4.98 Å². The van der Waals surface area contributed by atoms with Crippen LogP contribution >= 0.6 is 22.7 Å². The van der Waals surface area contributed by atoms with Gasteiger partial charge in [-0.25, -0.2) is 9.99 Å². The predicted octanol–water partition coefficient (Wildman–Crippen LogP) is 5.18. The van der Waals surface area contributed by atoms with E-state index in [1.54, 1.807) is 22.7 Å². The SMILES string of the molecule is Cc1cccc([C@@H]2CC(c3cccs3)=NN2c2nc(C)cs2)c1. The summed E-state index contributed by atoms with van der Waals surface area (Å²) in [6.07, 6.45) is 0.919. The van der Waals surface area contributed by atoms with Gasteiger partial charge < -0.3 is 0 Å². The zero-order valence-electron chi connectivity index (χ0n) is 13.1. The minimum absolute atomic E-state index is 0.220. The molecule has 0 saturated carbocycles. The van der Waals surface area contributed by atoms with E-state index >= 15 is 0 Å². The number of thiazole rings is 1. The van der Waals surface area contributed by atoms with Gasteiger partial charge in [-0.3, -0.25) is 0 Å². The average Bonchev–Trinajstić information content (AvgIpc) is 3.26. The van der Waals surface area contributed by atoms with Gasteiger partial charge in [0.05, 0.1) is 22.3 Å². The number of benzene rings is 1. The molecule has 0 saturated heterocycles. The summed E-state index contributed by atoms with van der Waals surface area (Å²) < 4.78 is 0. The van der Waals surface area contributed by atoms with Gasteiger partial charge in [-0.2, -0.15) is 5.10 Å². The van der Waals surface area contributed by atoms with Crippen molar-refractivity contribution in [2.75, 3.05) is 5.01 Å². The van der Waals surface area contributed by atoms with E-state index in [1.165, 1.54) is 16.0 Å². The Bertz CT molecular complexity index is 849. The fourth-order valence-electron chi connectivity index (χ4n) is 2.86. The number of thiophene rings is 1. The Morgan fingerprint density at radius 3 is 2.74 bits per heavy atom. The maximum Gasteiger partial charge on any atom is 0.206 e. The van der Waals surface area contributed by atoms with Crippen LogP contribution in [0.2, 0.25) is 0 Å². The van der Waals surface area contributed by atoms with Crippen molar-refractivity contribution in [2.45, 2.75) is 26.3 Å². The van der Waals surface area contributed by atoms with E-state index in [9.17, 15) is 0 Å². The zero-order chi connectivity index (χ0) is 15.8. The quantitative estimate of drug-likeness (QED) is 0.658. The summed E-state index contributed by atoms with van der Waals surface area (Å²) in [5.74, 6) is 0. The van der Waals surface area contributed by atoms with E-state index in [1.807, 2.05) is 6.92 Å². The Balaban J connectivity index is 1.75. The molecule has 1 aromatic carbocycles. The third kappa shape index (κ3) is 2.82. The molecule has 0 unspecified atom stereocenters. The van der Waals surface area contributed by atoms with Gasteiger partial charge in [0.2, 0.25) is 5.13 Å². The first-order valence-electron chi connectivity index (χ1n) is 7.60. The standard InChI is InChI=1S/C18H17N3S2/c1-12-5-3-6-14(9-12)16-10-15(17-7-4-8-22-17)20-21(16)18-19-13(2)11-23-18/h3-9,11,16H,10H2,1-2H3/t16-/m0/s1. The van der Waals surface area contributed by atoms with Crippen LogP contribution in [0, 0.1) is 13.8 Å². The summed E-state index contributed by atoms with van der Waals surface area (Å²) in [6.45, 7) is 4.17. The van der Waals surface area contributed by atoms with E-state index in [0.29, 0.717) is 0 Å². The maximum atomic E-state index is 4.91. The summed E-state index contributed by atoms with van der Waals surface area (Å²) in [5.41, 5.74) is 4.78. The fraction of sp³-hybridized carbons (Fsp3) is 0.222. The van der Waals surface area contributed by atoms with Crippen molar-refractivity contribution < 1.29 is 0 Å². The van der Waals surface area contributed by atoms with Crippen LogP contribution in [0.4, 0.5) is 5.13 Å². The van der Waals surface area contributed by atoms with Crippen molar-refractivity contribution in [1.29, 1.82) is 0 Å². The van der Waals surface area contributed by atoms with Gasteiger partial charge in [-0.05, 0) is 30.9 Å². The predicted molar refractivity (Wildman–Crippen MR) is 98.7 cm³/mol. The molecule has 0 spiro atoms. The highest BCUT2D eigenvalue weighted by Crippen LogP contribution is 2.38. The van der Waals surface area contributed by atoms with Crippen molar-refractivity contribution in [3.8, 4) is 0 Å². The Labute approximate surface area is 143 Å². The first kappa shape index (κ1) is 14.6. The molecule has 1 atom stereocenters. The zero-order valence-corrected chi connectivity index (χ0v) is 14.7. The molecule has 3 nitrogen and oxygen atoms in total. The highest BCUT2D eigenvalue weighted by Gasteiger charge is 2.31. The first-order valence-corrected chi connectivity index (χ1v) is 9.36. The highest BCUT2D eigenvalue weighted by molar-refractivity contribution is 7.13. The van der Waals surface area contributed by atoms with E-state index < -0.39 is 0 Å². The molecule has 5 heteroatoms. The number of nitrogens with zero attached hydrogens (tertiary/aromatic N) is 3. The van der Waals surface area contributed by atoms with Crippen LogP contribution in [0.1, 0.15) is 34.2 Å². The number of rotatable bonds is 3. The van der Waals surface area contributed by atoms with Crippen LogP contribution in [0.5, 0.6) is 0 Å². The highest BCUT2D eigenvalue weighted by atomic mass is 32.1. The first-order chi connectivity index (χ1) is 11.2. The summed E-state index contributed by atoms with van der Waals surface area (Å²) in [7, 11) is 0. The Kier molecular flexibility index (Phi) is 3.75. The topological polar surface area (TPSA) is 28.5 Å². The molecule has 3 aromatic rings. The minimum Gasteiger partial charge on any atom is -0.231 e. The fourth-order valence-corrected chi connectivity index (χ4v) is 4.38. The molecule has 3 heterocycles. The van der Waals surface area contributed by atoms with Crippen LogP contribution in [0.3, 0.4) is 0 Å². The Morgan fingerprint density at radius 1 is 1.13 bits per heavy atom.